The molecule has 0 unspecified atom stereocenters. The summed E-state index contributed by atoms with van der Waals surface area (Å²) in [7, 11) is 0. The lowest BCUT2D eigenvalue weighted by Gasteiger charge is -2.28. The molecule has 6 aliphatic heterocycles. The molecule has 6 saturated heterocycles. The fraction of sp³-hybridized carbons (Fsp3) is 0.926. The predicted octanol–water partition coefficient (Wildman–Crippen LogP) is 1.76. The summed E-state index contributed by atoms with van der Waals surface area (Å²) < 4.78 is 69.1. The van der Waals surface area contributed by atoms with Crippen molar-refractivity contribution in [3.05, 3.63) is 11.9 Å². The van der Waals surface area contributed by atoms with E-state index in [2.05, 4.69) is 10.3 Å². The van der Waals surface area contributed by atoms with Crippen LogP contribution in [0.5, 0.6) is 0 Å². The molecule has 0 aromatic carbocycles. The summed E-state index contributed by atoms with van der Waals surface area (Å²) in [4.78, 5) is 0. The van der Waals surface area contributed by atoms with Crippen molar-refractivity contribution >= 4 is 0 Å². The third-order valence-corrected chi connectivity index (χ3v) is 8.13. The molecule has 230 valence electrons. The van der Waals surface area contributed by atoms with E-state index in [4.69, 9.17) is 52.1 Å². The largest absolute Gasteiger partial charge is 0.366 e. The molecule has 0 aliphatic carbocycles. The Labute approximate surface area is 239 Å². The molecular formula is C27H41N3O11. The van der Waals surface area contributed by atoms with Gasteiger partial charge in [-0.1, -0.05) is 5.21 Å². The van der Waals surface area contributed by atoms with Gasteiger partial charge in [-0.2, -0.15) is 0 Å². The van der Waals surface area contributed by atoms with Crippen LogP contribution in [0.2, 0.25) is 0 Å². The first-order valence-corrected chi connectivity index (χ1v) is 14.4. The molecule has 7 rings (SSSR count). The molecule has 1 aromatic heterocycles. The third kappa shape index (κ3) is 5.35. The highest BCUT2D eigenvalue weighted by Crippen LogP contribution is 2.46. The van der Waals surface area contributed by atoms with Crippen molar-refractivity contribution in [3.63, 3.8) is 0 Å². The van der Waals surface area contributed by atoms with Gasteiger partial charge in [-0.05, 0) is 55.4 Å². The van der Waals surface area contributed by atoms with E-state index in [0.717, 1.165) is 0 Å². The molecule has 6 fully saturated rings. The molecule has 6 aliphatic rings. The molecule has 0 bridgehead atoms. The van der Waals surface area contributed by atoms with Crippen molar-refractivity contribution in [2.75, 3.05) is 13.2 Å². The number of hydrogen-bond donors (Lipinski definition) is 0. The Kier molecular flexibility index (Phi) is 6.66. The van der Waals surface area contributed by atoms with Gasteiger partial charge in [0.1, 0.15) is 54.5 Å². The van der Waals surface area contributed by atoms with Crippen LogP contribution < -0.4 is 0 Å². The minimum atomic E-state index is -0.787. The van der Waals surface area contributed by atoms with Crippen LogP contribution in [-0.4, -0.2) is 106 Å². The van der Waals surface area contributed by atoms with Gasteiger partial charge in [0.25, 0.3) is 0 Å². The number of hydrogen-bond acceptors (Lipinski definition) is 13. The first-order valence-electron chi connectivity index (χ1n) is 14.4. The van der Waals surface area contributed by atoms with Gasteiger partial charge >= 0.3 is 0 Å². The standard InChI is InChI=1S/C27H41N3O11/c1-24(2)32-11-14(36-24)16-18(21-23(35-16)41-27(7,8)40-21)31-10-13-9-30(29-28-13)22-20-19(38-26(5,6)39-20)17(34-22)15-12-33-25(3,4)37-15/h9,14-23H,10-12H2,1-8H3/t14-,15-,16-,17-,18+,19+,20+,21-,22-,23-/m1/s1. The van der Waals surface area contributed by atoms with E-state index in [1.807, 2.05) is 55.4 Å². The number of rotatable bonds is 6. The van der Waals surface area contributed by atoms with Crippen molar-refractivity contribution in [2.24, 2.45) is 0 Å². The van der Waals surface area contributed by atoms with Crippen molar-refractivity contribution in [3.8, 4) is 0 Å². The Hall–Kier alpha value is -1.30. The SMILES string of the molecule is CC1(C)O[C@H]2O[C@H]([C@H]3COC(C)(C)O3)[C@H](OCc3cn([C@@H]4O[C@H]([C@H]5COC(C)(C)O5)[C@@H]5OC(C)(C)O[C@@H]54)nn3)[C@H]2O1. The van der Waals surface area contributed by atoms with E-state index in [1.54, 1.807) is 10.9 Å². The molecule has 0 radical (unpaired) electrons. The summed E-state index contributed by atoms with van der Waals surface area (Å²) in [6.07, 6.45) is -2.47. The molecule has 1 aromatic rings. The summed E-state index contributed by atoms with van der Waals surface area (Å²) in [6.45, 7) is 15.9. The van der Waals surface area contributed by atoms with Gasteiger partial charge in [0.05, 0.1) is 26.0 Å². The van der Waals surface area contributed by atoms with Crippen LogP contribution in [0.15, 0.2) is 6.20 Å². The fourth-order valence-electron chi connectivity index (χ4n) is 6.55. The van der Waals surface area contributed by atoms with E-state index in [1.165, 1.54) is 0 Å². The van der Waals surface area contributed by atoms with E-state index in [0.29, 0.717) is 18.9 Å². The number of aromatic nitrogens is 3. The van der Waals surface area contributed by atoms with E-state index in [-0.39, 0.29) is 24.9 Å². The number of fused-ring (bicyclic) bond motifs is 2. The van der Waals surface area contributed by atoms with Crippen molar-refractivity contribution in [1.29, 1.82) is 0 Å². The van der Waals surface area contributed by atoms with Gasteiger partial charge in [0.15, 0.2) is 35.7 Å². The van der Waals surface area contributed by atoms with Gasteiger partial charge < -0.3 is 52.1 Å². The quantitative estimate of drug-likeness (QED) is 0.482. The number of nitrogens with zero attached hydrogens (tertiary/aromatic N) is 3. The Morgan fingerprint density at radius 1 is 0.707 bits per heavy atom. The van der Waals surface area contributed by atoms with Crippen molar-refractivity contribution in [2.45, 2.75) is 146 Å². The van der Waals surface area contributed by atoms with E-state index < -0.39 is 66.2 Å². The first-order chi connectivity index (χ1) is 19.2. The van der Waals surface area contributed by atoms with Gasteiger partial charge in [-0.3, -0.25) is 0 Å². The molecule has 7 heterocycles. The average Bonchev–Trinajstić information content (AvgIpc) is 3.68. The highest BCUT2D eigenvalue weighted by atomic mass is 16.9. The van der Waals surface area contributed by atoms with Gasteiger partial charge in [-0.25, -0.2) is 4.68 Å². The summed E-state index contributed by atoms with van der Waals surface area (Å²) in [6, 6.07) is 0. The maximum atomic E-state index is 6.44. The summed E-state index contributed by atoms with van der Waals surface area (Å²) in [5.74, 6) is -2.96. The Bertz CT molecular complexity index is 1140. The van der Waals surface area contributed by atoms with Crippen molar-refractivity contribution in [1.82, 2.24) is 15.0 Å². The van der Waals surface area contributed by atoms with Gasteiger partial charge in [0, 0.05) is 0 Å². The second kappa shape index (κ2) is 9.60. The highest BCUT2D eigenvalue weighted by Gasteiger charge is 2.61. The van der Waals surface area contributed by atoms with Crippen LogP contribution in [0, 0.1) is 0 Å². The fourth-order valence-corrected chi connectivity index (χ4v) is 6.55. The Balaban J connectivity index is 1.06. The molecule has 0 N–H and O–H groups in total. The second-order valence-electron chi connectivity index (χ2n) is 13.3. The molecule has 0 spiro atoms. The summed E-state index contributed by atoms with van der Waals surface area (Å²) >= 11 is 0. The summed E-state index contributed by atoms with van der Waals surface area (Å²) in [5, 5.41) is 8.73. The average molecular weight is 584 g/mol. The highest BCUT2D eigenvalue weighted by molar-refractivity contribution is 5.03. The Morgan fingerprint density at radius 3 is 1.98 bits per heavy atom. The van der Waals surface area contributed by atoms with Crippen LogP contribution in [0.4, 0.5) is 0 Å². The van der Waals surface area contributed by atoms with E-state index in [9.17, 15) is 0 Å². The lowest BCUT2D eigenvalue weighted by Crippen LogP contribution is -2.44. The molecule has 14 nitrogen and oxygen atoms in total. The van der Waals surface area contributed by atoms with Gasteiger partial charge in [0.2, 0.25) is 0 Å². The minimum Gasteiger partial charge on any atom is -0.366 e. The normalized spacial score (nSPS) is 45.4. The van der Waals surface area contributed by atoms with Crippen LogP contribution in [-0.2, 0) is 58.7 Å². The third-order valence-electron chi connectivity index (χ3n) is 8.13. The second-order valence-corrected chi connectivity index (χ2v) is 13.3. The van der Waals surface area contributed by atoms with Crippen LogP contribution in [0.25, 0.3) is 0 Å². The zero-order chi connectivity index (χ0) is 28.9. The minimum absolute atomic E-state index is 0.162. The molecular weight excluding hydrogens is 542 g/mol. The summed E-state index contributed by atoms with van der Waals surface area (Å²) in [5.41, 5.74) is 0.609. The number of ether oxygens (including phenoxy) is 11. The monoisotopic (exact) mass is 583 g/mol. The van der Waals surface area contributed by atoms with Gasteiger partial charge in [-0.15, -0.1) is 5.10 Å². The van der Waals surface area contributed by atoms with Crippen LogP contribution >= 0.6 is 0 Å². The lowest BCUT2D eigenvalue weighted by molar-refractivity contribution is -0.236. The molecule has 0 amide bonds. The van der Waals surface area contributed by atoms with Crippen LogP contribution in [0.1, 0.15) is 67.3 Å². The smallest absolute Gasteiger partial charge is 0.190 e. The molecule has 0 saturated carbocycles. The first kappa shape index (κ1) is 28.5. The zero-order valence-electron chi connectivity index (χ0n) is 24.8. The van der Waals surface area contributed by atoms with Crippen molar-refractivity contribution < 1.29 is 52.1 Å². The maximum absolute atomic E-state index is 6.44. The molecule has 14 heteroatoms. The van der Waals surface area contributed by atoms with E-state index >= 15 is 0 Å². The molecule has 10 atom stereocenters. The van der Waals surface area contributed by atoms with Crippen LogP contribution in [0.3, 0.4) is 0 Å². The molecule has 41 heavy (non-hydrogen) atoms. The maximum Gasteiger partial charge on any atom is 0.190 e. The Morgan fingerprint density at radius 2 is 1.32 bits per heavy atom. The zero-order valence-corrected chi connectivity index (χ0v) is 24.8. The topological polar surface area (TPSA) is 132 Å². The lowest BCUT2D eigenvalue weighted by atomic mass is 10.1. The predicted molar refractivity (Wildman–Crippen MR) is 135 cm³/mol.